The number of rotatable bonds is 7. The number of piperidine rings is 1. The maximum Gasteiger partial charge on any atom is 0.262 e. The molecule has 2 aliphatic heterocycles. The first-order valence-electron chi connectivity index (χ1n) is 14.2. The molecule has 2 aliphatic rings. The molecule has 6 rings (SSSR count). The Balaban J connectivity index is 1.15. The van der Waals surface area contributed by atoms with Crippen LogP contribution in [0.5, 0.6) is 0 Å². The van der Waals surface area contributed by atoms with E-state index in [2.05, 4.69) is 10.3 Å². The molecule has 220 valence electrons. The second kappa shape index (κ2) is 12.2. The van der Waals surface area contributed by atoms with Gasteiger partial charge in [-0.1, -0.05) is 59.6 Å². The van der Waals surface area contributed by atoms with Gasteiger partial charge in [0.05, 0.1) is 36.8 Å². The summed E-state index contributed by atoms with van der Waals surface area (Å²) >= 11 is 13.3. The second-order valence-corrected chi connectivity index (χ2v) is 11.9. The summed E-state index contributed by atoms with van der Waals surface area (Å²) < 4.78 is 8.69. The SMILES string of the molecule is O=C(CCc1ccccc1)N1CCC(O)(Cn2cnc3c(cc(Cl)n3-c3ccc(C4COCCN4)c(Cl)c3)c2=O)CC1. The van der Waals surface area contributed by atoms with Crippen LogP contribution in [0.1, 0.15) is 36.4 Å². The van der Waals surface area contributed by atoms with Crippen LogP contribution >= 0.6 is 23.2 Å². The molecule has 2 N–H and O–H groups in total. The van der Waals surface area contributed by atoms with Gasteiger partial charge in [0.15, 0.2) is 5.65 Å². The van der Waals surface area contributed by atoms with Crippen LogP contribution < -0.4 is 10.9 Å². The molecular formula is C31H33Cl2N5O4. The average Bonchev–Trinajstić information content (AvgIpc) is 3.35. The van der Waals surface area contributed by atoms with Crippen molar-refractivity contribution < 1.29 is 14.6 Å². The van der Waals surface area contributed by atoms with Gasteiger partial charge in [0, 0.05) is 36.8 Å². The molecule has 1 unspecified atom stereocenters. The van der Waals surface area contributed by atoms with Gasteiger partial charge in [-0.2, -0.15) is 0 Å². The number of hydrogen-bond donors (Lipinski definition) is 2. The Morgan fingerprint density at radius 3 is 2.62 bits per heavy atom. The summed E-state index contributed by atoms with van der Waals surface area (Å²) in [5, 5.41) is 16.0. The van der Waals surface area contributed by atoms with E-state index in [0.717, 1.165) is 17.7 Å². The summed E-state index contributed by atoms with van der Waals surface area (Å²) in [6.45, 7) is 2.94. The number of carbonyl (C=O) groups is 1. The van der Waals surface area contributed by atoms with Crippen LogP contribution in [-0.2, 0) is 22.5 Å². The van der Waals surface area contributed by atoms with Crippen LogP contribution in [0.4, 0.5) is 0 Å². The molecule has 0 saturated carbocycles. The van der Waals surface area contributed by atoms with E-state index in [0.29, 0.717) is 78.9 Å². The fourth-order valence-corrected chi connectivity index (χ4v) is 6.44. The molecule has 4 heterocycles. The van der Waals surface area contributed by atoms with Crippen molar-refractivity contribution >= 4 is 40.1 Å². The molecular weight excluding hydrogens is 577 g/mol. The van der Waals surface area contributed by atoms with Crippen LogP contribution in [0.15, 0.2) is 65.7 Å². The molecule has 2 saturated heterocycles. The number of likely N-dealkylation sites (tertiary alicyclic amines) is 1. The van der Waals surface area contributed by atoms with Crippen molar-refractivity contribution in [2.24, 2.45) is 0 Å². The predicted octanol–water partition coefficient (Wildman–Crippen LogP) is 4.14. The Labute approximate surface area is 253 Å². The Kier molecular flexibility index (Phi) is 8.38. The Hall–Kier alpha value is -3.21. The molecule has 2 aromatic carbocycles. The molecule has 2 fully saturated rings. The van der Waals surface area contributed by atoms with E-state index in [1.807, 2.05) is 48.5 Å². The fraction of sp³-hybridized carbons (Fsp3) is 0.387. The van der Waals surface area contributed by atoms with Crippen molar-refractivity contribution in [3.8, 4) is 5.69 Å². The maximum absolute atomic E-state index is 13.5. The van der Waals surface area contributed by atoms with Gasteiger partial charge in [-0.15, -0.1) is 0 Å². The highest BCUT2D eigenvalue weighted by atomic mass is 35.5. The number of halogens is 2. The predicted molar refractivity (Wildman–Crippen MR) is 162 cm³/mol. The zero-order valence-electron chi connectivity index (χ0n) is 23.1. The number of morpholine rings is 1. The van der Waals surface area contributed by atoms with Crippen molar-refractivity contribution in [3.05, 3.63) is 92.6 Å². The van der Waals surface area contributed by atoms with Crippen LogP contribution in [0.25, 0.3) is 16.7 Å². The van der Waals surface area contributed by atoms with E-state index < -0.39 is 5.60 Å². The summed E-state index contributed by atoms with van der Waals surface area (Å²) in [5.41, 5.74) is 1.75. The van der Waals surface area contributed by atoms with Crippen LogP contribution in [0, 0.1) is 0 Å². The monoisotopic (exact) mass is 609 g/mol. The molecule has 1 atom stereocenters. The minimum absolute atomic E-state index is 0.00702. The number of nitrogens with zero attached hydrogens (tertiary/aromatic N) is 4. The average molecular weight is 611 g/mol. The highest BCUT2D eigenvalue weighted by Crippen LogP contribution is 2.31. The Morgan fingerprint density at radius 2 is 1.90 bits per heavy atom. The van der Waals surface area contributed by atoms with E-state index in [-0.39, 0.29) is 24.1 Å². The van der Waals surface area contributed by atoms with Gasteiger partial charge in [0.1, 0.15) is 11.5 Å². The number of benzene rings is 2. The van der Waals surface area contributed by atoms with Gasteiger partial charge in [0.2, 0.25) is 5.91 Å². The van der Waals surface area contributed by atoms with E-state index in [1.54, 1.807) is 15.5 Å². The molecule has 4 aromatic rings. The number of hydrogen-bond acceptors (Lipinski definition) is 6. The largest absolute Gasteiger partial charge is 0.388 e. The van der Waals surface area contributed by atoms with Crippen LogP contribution in [-0.4, -0.2) is 68.5 Å². The molecule has 0 radical (unpaired) electrons. The third kappa shape index (κ3) is 5.98. The van der Waals surface area contributed by atoms with Crippen molar-refractivity contribution in [3.63, 3.8) is 0 Å². The lowest BCUT2D eigenvalue weighted by Crippen LogP contribution is -2.49. The summed E-state index contributed by atoms with van der Waals surface area (Å²) in [5.74, 6) is 0.0774. The normalized spacial score (nSPS) is 18.8. The maximum atomic E-state index is 13.5. The molecule has 42 heavy (non-hydrogen) atoms. The second-order valence-electron chi connectivity index (χ2n) is 11.1. The van der Waals surface area contributed by atoms with E-state index in [4.69, 9.17) is 27.9 Å². The number of ether oxygens (including phenoxy) is 1. The molecule has 9 nitrogen and oxygen atoms in total. The van der Waals surface area contributed by atoms with Gasteiger partial charge in [-0.05, 0) is 48.6 Å². The van der Waals surface area contributed by atoms with E-state index >= 15 is 0 Å². The molecule has 0 aliphatic carbocycles. The topological polar surface area (TPSA) is 102 Å². The summed E-state index contributed by atoms with van der Waals surface area (Å²) in [7, 11) is 0. The first kappa shape index (κ1) is 28.9. The van der Waals surface area contributed by atoms with Crippen LogP contribution in [0.3, 0.4) is 0 Å². The number of carbonyl (C=O) groups excluding carboxylic acids is 1. The molecule has 1 amide bonds. The third-order valence-corrected chi connectivity index (χ3v) is 8.87. The third-order valence-electron chi connectivity index (χ3n) is 8.26. The first-order chi connectivity index (χ1) is 20.3. The Bertz CT molecular complexity index is 1640. The number of fused-ring (bicyclic) bond motifs is 1. The van der Waals surface area contributed by atoms with Gasteiger partial charge >= 0.3 is 0 Å². The number of nitrogens with one attached hydrogen (secondary N) is 1. The number of aliphatic hydroxyl groups is 1. The van der Waals surface area contributed by atoms with Crippen molar-refractivity contribution in [2.45, 2.75) is 43.9 Å². The standard InChI is InChI=1S/C31H33Cl2N5O4/c32-25-16-22(7-8-23(25)26-18-42-15-12-34-26)38-27(33)17-24-29(38)35-20-37(30(24)40)19-31(41)10-13-36(14-11-31)28(39)9-6-21-4-2-1-3-5-21/h1-5,7-8,16-17,20,26,34,41H,6,9-15,18-19H2. The van der Waals surface area contributed by atoms with Crippen molar-refractivity contribution in [1.29, 1.82) is 0 Å². The highest BCUT2D eigenvalue weighted by molar-refractivity contribution is 6.32. The lowest BCUT2D eigenvalue weighted by atomic mass is 9.91. The molecule has 0 bridgehead atoms. The smallest absolute Gasteiger partial charge is 0.262 e. The zero-order chi connectivity index (χ0) is 29.3. The fourth-order valence-electron chi connectivity index (χ4n) is 5.85. The van der Waals surface area contributed by atoms with Crippen LogP contribution in [0.2, 0.25) is 10.2 Å². The lowest BCUT2D eigenvalue weighted by molar-refractivity contribution is -0.135. The quantitative estimate of drug-likeness (QED) is 0.326. The van der Waals surface area contributed by atoms with Gasteiger partial charge in [0.25, 0.3) is 5.56 Å². The number of aromatic nitrogens is 3. The van der Waals surface area contributed by atoms with Gasteiger partial charge in [-0.3, -0.25) is 18.7 Å². The van der Waals surface area contributed by atoms with Crippen molar-refractivity contribution in [2.75, 3.05) is 32.8 Å². The first-order valence-corrected chi connectivity index (χ1v) is 15.0. The Morgan fingerprint density at radius 1 is 1.12 bits per heavy atom. The minimum atomic E-state index is -1.12. The van der Waals surface area contributed by atoms with Crippen molar-refractivity contribution in [1.82, 2.24) is 24.3 Å². The lowest BCUT2D eigenvalue weighted by Gasteiger charge is -2.38. The highest BCUT2D eigenvalue weighted by Gasteiger charge is 2.35. The summed E-state index contributed by atoms with van der Waals surface area (Å²) in [6.07, 6.45) is 3.32. The molecule has 2 aromatic heterocycles. The minimum Gasteiger partial charge on any atom is -0.388 e. The number of amides is 1. The summed E-state index contributed by atoms with van der Waals surface area (Å²) in [4.78, 5) is 32.6. The zero-order valence-corrected chi connectivity index (χ0v) is 24.7. The number of aryl methyl sites for hydroxylation is 1. The summed E-state index contributed by atoms with van der Waals surface area (Å²) in [6, 6.07) is 17.2. The van der Waals surface area contributed by atoms with E-state index in [9.17, 15) is 14.7 Å². The van der Waals surface area contributed by atoms with E-state index in [1.165, 1.54) is 10.9 Å². The molecule has 0 spiro atoms. The van der Waals surface area contributed by atoms with Gasteiger partial charge in [-0.25, -0.2) is 4.98 Å². The van der Waals surface area contributed by atoms with Gasteiger partial charge < -0.3 is 20.1 Å². The molecule has 11 heteroatoms.